The first-order valence-corrected chi connectivity index (χ1v) is 9.11. The van der Waals surface area contributed by atoms with E-state index >= 15 is 0 Å². The van der Waals surface area contributed by atoms with E-state index in [0.29, 0.717) is 5.54 Å². The molecule has 20 heavy (non-hydrogen) atoms. The van der Waals surface area contributed by atoms with E-state index in [0.717, 1.165) is 24.4 Å². The molecule has 2 heteroatoms. The van der Waals surface area contributed by atoms with Crippen molar-refractivity contribution in [1.29, 1.82) is 0 Å². The van der Waals surface area contributed by atoms with Gasteiger partial charge in [-0.2, -0.15) is 0 Å². The summed E-state index contributed by atoms with van der Waals surface area (Å²) in [7, 11) is 2.39. The molecule has 118 valence electrons. The molecule has 0 radical (unpaired) electrons. The van der Waals surface area contributed by atoms with Gasteiger partial charge in [0.1, 0.15) is 0 Å². The van der Waals surface area contributed by atoms with E-state index in [2.05, 4.69) is 25.8 Å². The summed E-state index contributed by atoms with van der Waals surface area (Å²) in [6.45, 7) is 5.57. The Morgan fingerprint density at radius 1 is 1.00 bits per heavy atom. The normalized spacial score (nSPS) is 39.1. The largest absolute Gasteiger partial charge is 0.329 e. The van der Waals surface area contributed by atoms with Crippen LogP contribution in [0.5, 0.6) is 0 Å². The first-order valence-electron chi connectivity index (χ1n) is 9.11. The molecule has 2 nitrogen and oxygen atoms in total. The molecule has 0 aromatic rings. The summed E-state index contributed by atoms with van der Waals surface area (Å²) in [5.41, 5.74) is 6.63. The van der Waals surface area contributed by atoms with Gasteiger partial charge in [0.15, 0.2) is 0 Å². The fourth-order valence-electron chi connectivity index (χ4n) is 5.06. The molecule has 0 spiro atoms. The van der Waals surface area contributed by atoms with Crippen molar-refractivity contribution in [1.82, 2.24) is 4.90 Å². The molecule has 0 aliphatic heterocycles. The number of hydrogen-bond donors (Lipinski definition) is 1. The molecular formula is C18H36N2. The highest BCUT2D eigenvalue weighted by Crippen LogP contribution is 2.42. The summed E-state index contributed by atoms with van der Waals surface area (Å²) in [6, 6.07) is 0.786. The first kappa shape index (κ1) is 16.3. The lowest BCUT2D eigenvalue weighted by atomic mass is 9.69. The maximum atomic E-state index is 6.32. The van der Waals surface area contributed by atoms with Crippen LogP contribution in [0.25, 0.3) is 0 Å². The maximum Gasteiger partial charge on any atom is 0.0359 e. The van der Waals surface area contributed by atoms with Crippen LogP contribution in [0.4, 0.5) is 0 Å². The van der Waals surface area contributed by atoms with Crippen LogP contribution < -0.4 is 5.73 Å². The Morgan fingerprint density at radius 3 is 2.25 bits per heavy atom. The third-order valence-corrected chi connectivity index (χ3v) is 6.66. The number of nitrogens with zero attached hydrogens (tertiary/aromatic N) is 1. The van der Waals surface area contributed by atoms with Gasteiger partial charge in [-0.05, 0) is 57.4 Å². The number of rotatable bonds is 5. The molecule has 0 saturated heterocycles. The van der Waals surface area contributed by atoms with Crippen LogP contribution in [0.1, 0.15) is 78.1 Å². The Bertz CT molecular complexity index is 283. The van der Waals surface area contributed by atoms with E-state index in [1.54, 1.807) is 0 Å². The van der Waals surface area contributed by atoms with Gasteiger partial charge >= 0.3 is 0 Å². The summed E-state index contributed by atoms with van der Waals surface area (Å²) in [5, 5.41) is 0. The smallest absolute Gasteiger partial charge is 0.0359 e. The highest BCUT2D eigenvalue weighted by molar-refractivity contribution is 5.01. The SMILES string of the molecule is CCC1CCC(N(C)C2(CN)CCCCC2CC)CC1. The third-order valence-electron chi connectivity index (χ3n) is 6.66. The van der Waals surface area contributed by atoms with Crippen LogP contribution in [-0.2, 0) is 0 Å². The molecule has 2 saturated carbocycles. The minimum Gasteiger partial charge on any atom is -0.329 e. The van der Waals surface area contributed by atoms with E-state index in [4.69, 9.17) is 5.73 Å². The van der Waals surface area contributed by atoms with E-state index in [-0.39, 0.29) is 0 Å². The van der Waals surface area contributed by atoms with Crippen molar-refractivity contribution in [3.05, 3.63) is 0 Å². The van der Waals surface area contributed by atoms with E-state index in [1.807, 2.05) is 0 Å². The van der Waals surface area contributed by atoms with Gasteiger partial charge in [0.2, 0.25) is 0 Å². The summed E-state index contributed by atoms with van der Waals surface area (Å²) in [4.78, 5) is 2.74. The zero-order chi connectivity index (χ0) is 14.6. The lowest BCUT2D eigenvalue weighted by molar-refractivity contribution is -0.0204. The number of likely N-dealkylation sites (N-methyl/N-ethyl adjacent to an activating group) is 1. The van der Waals surface area contributed by atoms with Crippen LogP contribution in [0.3, 0.4) is 0 Å². The molecule has 2 unspecified atom stereocenters. The van der Waals surface area contributed by atoms with Crippen molar-refractivity contribution in [3.63, 3.8) is 0 Å². The number of hydrogen-bond acceptors (Lipinski definition) is 2. The quantitative estimate of drug-likeness (QED) is 0.818. The lowest BCUT2D eigenvalue weighted by Crippen LogP contribution is -2.61. The zero-order valence-corrected chi connectivity index (χ0v) is 14.0. The van der Waals surface area contributed by atoms with Crippen molar-refractivity contribution in [2.75, 3.05) is 13.6 Å². The second-order valence-electron chi connectivity index (χ2n) is 7.35. The molecule has 2 fully saturated rings. The molecule has 0 bridgehead atoms. The minimum absolute atomic E-state index is 0.302. The Morgan fingerprint density at radius 2 is 1.70 bits per heavy atom. The first-order chi connectivity index (χ1) is 9.67. The average Bonchev–Trinajstić information content (AvgIpc) is 2.54. The van der Waals surface area contributed by atoms with Crippen molar-refractivity contribution in [3.8, 4) is 0 Å². The fourth-order valence-corrected chi connectivity index (χ4v) is 5.06. The van der Waals surface area contributed by atoms with Crippen LogP contribution in [0, 0.1) is 11.8 Å². The lowest BCUT2D eigenvalue weighted by Gasteiger charge is -2.53. The van der Waals surface area contributed by atoms with Gasteiger partial charge in [0.05, 0.1) is 0 Å². The minimum atomic E-state index is 0.302. The number of nitrogens with two attached hydrogens (primary N) is 1. The van der Waals surface area contributed by atoms with Gasteiger partial charge in [-0.15, -0.1) is 0 Å². The molecule has 2 aliphatic rings. The van der Waals surface area contributed by atoms with Crippen molar-refractivity contribution in [2.24, 2.45) is 17.6 Å². The summed E-state index contributed by atoms with van der Waals surface area (Å²) in [6.07, 6.45) is 13.8. The molecule has 2 atom stereocenters. The van der Waals surface area contributed by atoms with Gasteiger partial charge in [-0.3, -0.25) is 4.90 Å². The van der Waals surface area contributed by atoms with Gasteiger partial charge < -0.3 is 5.73 Å². The Kier molecular flexibility index (Phi) is 5.92. The Labute approximate surface area is 126 Å². The van der Waals surface area contributed by atoms with Gasteiger partial charge in [0, 0.05) is 18.1 Å². The van der Waals surface area contributed by atoms with Gasteiger partial charge in [-0.25, -0.2) is 0 Å². The standard InChI is InChI=1S/C18H36N2/c1-4-15-9-11-17(12-10-15)20(3)18(14-19)13-7-6-8-16(18)5-2/h15-17H,4-14,19H2,1-3H3. The summed E-state index contributed by atoms with van der Waals surface area (Å²) in [5.74, 6) is 1.80. The van der Waals surface area contributed by atoms with Crippen LogP contribution in [0.2, 0.25) is 0 Å². The van der Waals surface area contributed by atoms with E-state index < -0.39 is 0 Å². The zero-order valence-electron chi connectivity index (χ0n) is 14.0. The van der Waals surface area contributed by atoms with Crippen molar-refractivity contribution in [2.45, 2.75) is 89.6 Å². The molecule has 0 heterocycles. The molecular weight excluding hydrogens is 244 g/mol. The maximum absolute atomic E-state index is 6.32. The van der Waals surface area contributed by atoms with E-state index in [1.165, 1.54) is 64.2 Å². The summed E-state index contributed by atoms with van der Waals surface area (Å²) >= 11 is 0. The van der Waals surface area contributed by atoms with E-state index in [9.17, 15) is 0 Å². The monoisotopic (exact) mass is 280 g/mol. The van der Waals surface area contributed by atoms with Crippen LogP contribution in [0.15, 0.2) is 0 Å². The molecule has 2 N–H and O–H groups in total. The highest BCUT2D eigenvalue weighted by atomic mass is 15.2. The molecule has 0 aromatic carbocycles. The topological polar surface area (TPSA) is 29.3 Å². The Balaban J connectivity index is 2.06. The Hall–Kier alpha value is -0.0800. The predicted molar refractivity (Wildman–Crippen MR) is 87.8 cm³/mol. The predicted octanol–water partition coefficient (Wildman–Crippen LogP) is 4.18. The molecule has 2 aliphatic carbocycles. The highest BCUT2D eigenvalue weighted by Gasteiger charge is 2.44. The van der Waals surface area contributed by atoms with Gasteiger partial charge in [0.25, 0.3) is 0 Å². The second-order valence-corrected chi connectivity index (χ2v) is 7.35. The average molecular weight is 280 g/mol. The fraction of sp³-hybridized carbons (Fsp3) is 1.00. The second kappa shape index (κ2) is 7.26. The van der Waals surface area contributed by atoms with Crippen LogP contribution >= 0.6 is 0 Å². The van der Waals surface area contributed by atoms with Crippen molar-refractivity contribution < 1.29 is 0 Å². The van der Waals surface area contributed by atoms with Crippen molar-refractivity contribution >= 4 is 0 Å². The molecule has 0 aromatic heterocycles. The molecule has 2 rings (SSSR count). The van der Waals surface area contributed by atoms with Gasteiger partial charge in [-0.1, -0.05) is 39.5 Å². The summed E-state index contributed by atoms with van der Waals surface area (Å²) < 4.78 is 0. The molecule has 0 amide bonds. The third kappa shape index (κ3) is 3.06. The van der Waals surface area contributed by atoms with Crippen LogP contribution in [-0.4, -0.2) is 30.1 Å².